The summed E-state index contributed by atoms with van der Waals surface area (Å²) in [7, 11) is 0. The minimum atomic E-state index is -0.178. The van der Waals surface area contributed by atoms with Gasteiger partial charge in [-0.05, 0) is 32.4 Å². The van der Waals surface area contributed by atoms with Crippen LogP contribution >= 0.6 is 0 Å². The van der Waals surface area contributed by atoms with Gasteiger partial charge in [-0.15, -0.1) is 0 Å². The number of carbonyl (C=O) groups is 1. The van der Waals surface area contributed by atoms with Gasteiger partial charge in [-0.2, -0.15) is 0 Å². The van der Waals surface area contributed by atoms with E-state index in [2.05, 4.69) is 13.2 Å². The average molecular weight is 203 g/mol. The van der Waals surface area contributed by atoms with Gasteiger partial charge in [-0.3, -0.25) is 4.79 Å². The SMILES string of the molecule is C=C(C=CC)C(=O)C(=C)/C(C)=C/C(C)=N. The molecule has 0 aliphatic heterocycles. The lowest BCUT2D eigenvalue weighted by molar-refractivity contribution is -0.111. The van der Waals surface area contributed by atoms with E-state index in [1.807, 2.05) is 6.92 Å². The van der Waals surface area contributed by atoms with Crippen molar-refractivity contribution in [2.45, 2.75) is 20.8 Å². The summed E-state index contributed by atoms with van der Waals surface area (Å²) in [5.74, 6) is -0.178. The number of hydrogen-bond donors (Lipinski definition) is 1. The van der Waals surface area contributed by atoms with Gasteiger partial charge in [0.15, 0.2) is 5.78 Å². The Morgan fingerprint density at radius 2 is 1.80 bits per heavy atom. The lowest BCUT2D eigenvalue weighted by atomic mass is 9.99. The number of Topliss-reactive ketones (excluding diaryl/α,β-unsaturated/α-hetero) is 1. The number of ketones is 1. The van der Waals surface area contributed by atoms with Gasteiger partial charge >= 0.3 is 0 Å². The van der Waals surface area contributed by atoms with Crippen molar-refractivity contribution in [3.8, 4) is 0 Å². The number of rotatable bonds is 5. The molecule has 2 nitrogen and oxygen atoms in total. The summed E-state index contributed by atoms with van der Waals surface area (Å²) in [4.78, 5) is 11.7. The highest BCUT2D eigenvalue weighted by Crippen LogP contribution is 2.13. The third-order valence-corrected chi connectivity index (χ3v) is 1.84. The average Bonchev–Trinajstić information content (AvgIpc) is 2.14. The molecule has 0 heterocycles. The molecule has 0 aromatic rings. The fourth-order valence-corrected chi connectivity index (χ4v) is 1.06. The van der Waals surface area contributed by atoms with Crippen molar-refractivity contribution >= 4 is 11.5 Å². The summed E-state index contributed by atoms with van der Waals surface area (Å²) in [6.45, 7) is 12.6. The van der Waals surface area contributed by atoms with Crippen molar-refractivity contribution in [2.75, 3.05) is 0 Å². The summed E-state index contributed by atoms with van der Waals surface area (Å²) in [5, 5.41) is 7.28. The topological polar surface area (TPSA) is 40.9 Å². The molecule has 1 N–H and O–H groups in total. The van der Waals surface area contributed by atoms with E-state index in [0.29, 0.717) is 22.4 Å². The Hall–Kier alpha value is -1.70. The molecule has 0 saturated carbocycles. The van der Waals surface area contributed by atoms with Crippen molar-refractivity contribution in [1.82, 2.24) is 0 Å². The molecule has 0 aromatic heterocycles. The first-order chi connectivity index (χ1) is 6.90. The van der Waals surface area contributed by atoms with Gasteiger partial charge in [0, 0.05) is 16.9 Å². The minimum absolute atomic E-state index is 0.178. The minimum Gasteiger partial charge on any atom is -0.306 e. The largest absolute Gasteiger partial charge is 0.306 e. The molecule has 0 aromatic carbocycles. The summed E-state index contributed by atoms with van der Waals surface area (Å²) in [6.07, 6.45) is 5.02. The first kappa shape index (κ1) is 13.3. The van der Waals surface area contributed by atoms with Crippen LogP contribution in [0.1, 0.15) is 20.8 Å². The highest BCUT2D eigenvalue weighted by molar-refractivity contribution is 6.12. The Morgan fingerprint density at radius 1 is 1.27 bits per heavy atom. The molecule has 0 bridgehead atoms. The van der Waals surface area contributed by atoms with Crippen molar-refractivity contribution < 1.29 is 4.79 Å². The molecular weight excluding hydrogens is 186 g/mol. The molecule has 0 fully saturated rings. The zero-order valence-corrected chi connectivity index (χ0v) is 9.55. The molecule has 15 heavy (non-hydrogen) atoms. The molecular formula is C13H17NO. The molecule has 80 valence electrons. The number of nitrogens with one attached hydrogen (secondary N) is 1. The lowest BCUT2D eigenvalue weighted by Gasteiger charge is -2.04. The van der Waals surface area contributed by atoms with Gasteiger partial charge in [-0.1, -0.05) is 25.3 Å². The van der Waals surface area contributed by atoms with Gasteiger partial charge in [0.1, 0.15) is 0 Å². The van der Waals surface area contributed by atoms with Crippen LogP contribution < -0.4 is 0 Å². The van der Waals surface area contributed by atoms with E-state index < -0.39 is 0 Å². The predicted molar refractivity (Wildman–Crippen MR) is 65.3 cm³/mol. The van der Waals surface area contributed by atoms with E-state index >= 15 is 0 Å². The fourth-order valence-electron chi connectivity index (χ4n) is 1.06. The molecule has 0 unspecified atom stereocenters. The maximum atomic E-state index is 11.7. The second-order valence-electron chi connectivity index (χ2n) is 3.34. The molecule has 0 aliphatic rings. The van der Waals surface area contributed by atoms with Gasteiger partial charge in [0.2, 0.25) is 0 Å². The molecule has 0 aliphatic carbocycles. The quantitative estimate of drug-likeness (QED) is 0.416. The maximum Gasteiger partial charge on any atom is 0.192 e. The zero-order chi connectivity index (χ0) is 12.0. The van der Waals surface area contributed by atoms with Gasteiger partial charge in [0.25, 0.3) is 0 Å². The normalized spacial score (nSPS) is 11.5. The van der Waals surface area contributed by atoms with Crippen LogP contribution in [0.4, 0.5) is 0 Å². The highest BCUT2D eigenvalue weighted by Gasteiger charge is 2.10. The van der Waals surface area contributed by atoms with E-state index in [-0.39, 0.29) is 5.78 Å². The number of allylic oxidation sites excluding steroid dienone is 6. The van der Waals surface area contributed by atoms with Gasteiger partial charge in [-0.25, -0.2) is 0 Å². The second-order valence-corrected chi connectivity index (χ2v) is 3.34. The molecule has 0 rings (SSSR count). The smallest absolute Gasteiger partial charge is 0.192 e. The van der Waals surface area contributed by atoms with Crippen LogP contribution in [0, 0.1) is 5.41 Å². The van der Waals surface area contributed by atoms with Crippen molar-refractivity contribution in [2.24, 2.45) is 0 Å². The summed E-state index contributed by atoms with van der Waals surface area (Å²) in [6, 6.07) is 0. The third-order valence-electron chi connectivity index (χ3n) is 1.84. The highest BCUT2D eigenvalue weighted by atomic mass is 16.1. The third kappa shape index (κ3) is 4.36. The molecule has 0 atom stereocenters. The molecule has 0 saturated heterocycles. The standard InChI is InChI=1S/C13H17NO/c1-6-7-9(2)13(15)12(5)10(3)8-11(4)14/h6-8,14H,2,5H2,1,3-4H3/b7-6?,10-8+,14-11?. The molecule has 0 radical (unpaired) electrons. The van der Waals surface area contributed by atoms with Crippen LogP contribution in [-0.2, 0) is 4.79 Å². The molecule has 2 heteroatoms. The van der Waals surface area contributed by atoms with Crippen molar-refractivity contribution in [3.05, 3.63) is 48.1 Å². The van der Waals surface area contributed by atoms with Gasteiger partial charge < -0.3 is 5.41 Å². The Morgan fingerprint density at radius 3 is 2.20 bits per heavy atom. The number of carbonyl (C=O) groups excluding carboxylic acids is 1. The molecule has 0 spiro atoms. The van der Waals surface area contributed by atoms with Crippen LogP contribution in [0.2, 0.25) is 0 Å². The van der Waals surface area contributed by atoms with Crippen LogP contribution in [0.5, 0.6) is 0 Å². The molecule has 0 amide bonds. The van der Waals surface area contributed by atoms with Crippen LogP contribution in [0.3, 0.4) is 0 Å². The predicted octanol–water partition coefficient (Wildman–Crippen LogP) is 3.23. The van der Waals surface area contributed by atoms with E-state index in [1.165, 1.54) is 0 Å². The Bertz CT molecular complexity index is 370. The lowest BCUT2D eigenvalue weighted by Crippen LogP contribution is -2.04. The van der Waals surface area contributed by atoms with E-state index in [0.717, 1.165) is 0 Å². The first-order valence-corrected chi connectivity index (χ1v) is 4.69. The van der Waals surface area contributed by atoms with Crippen LogP contribution in [0.15, 0.2) is 48.1 Å². The Kier molecular flexibility index (Phi) is 5.24. The van der Waals surface area contributed by atoms with Crippen molar-refractivity contribution in [1.29, 1.82) is 5.41 Å². The Balaban J connectivity index is 4.81. The van der Waals surface area contributed by atoms with Gasteiger partial charge in [0.05, 0.1) is 0 Å². The maximum absolute atomic E-state index is 11.7. The summed E-state index contributed by atoms with van der Waals surface area (Å²) in [5.41, 5.74) is 1.92. The summed E-state index contributed by atoms with van der Waals surface area (Å²) >= 11 is 0. The van der Waals surface area contributed by atoms with Crippen LogP contribution in [-0.4, -0.2) is 11.5 Å². The summed E-state index contributed by atoms with van der Waals surface area (Å²) < 4.78 is 0. The van der Waals surface area contributed by atoms with Crippen molar-refractivity contribution in [3.63, 3.8) is 0 Å². The number of hydrogen-bond acceptors (Lipinski definition) is 2. The van der Waals surface area contributed by atoms with Crippen LogP contribution in [0.25, 0.3) is 0 Å². The van der Waals surface area contributed by atoms with E-state index in [9.17, 15) is 4.79 Å². The fraction of sp³-hybridized carbons (Fsp3) is 0.231. The van der Waals surface area contributed by atoms with E-state index in [1.54, 1.807) is 32.1 Å². The first-order valence-electron chi connectivity index (χ1n) is 4.69. The van der Waals surface area contributed by atoms with E-state index in [4.69, 9.17) is 5.41 Å². The Labute approximate surface area is 91.2 Å². The monoisotopic (exact) mass is 203 g/mol. The zero-order valence-electron chi connectivity index (χ0n) is 9.55. The second kappa shape index (κ2) is 5.91.